The van der Waals surface area contributed by atoms with E-state index < -0.39 is 0 Å². The summed E-state index contributed by atoms with van der Waals surface area (Å²) >= 11 is 0. The van der Waals surface area contributed by atoms with Crippen molar-refractivity contribution >= 4 is 5.96 Å². The van der Waals surface area contributed by atoms with Gasteiger partial charge in [0.1, 0.15) is 0 Å². The van der Waals surface area contributed by atoms with Gasteiger partial charge in [-0.2, -0.15) is 0 Å². The van der Waals surface area contributed by atoms with Gasteiger partial charge in [-0.15, -0.1) is 0 Å². The fraction of sp³-hybridized carbons (Fsp3) is 0.556. The number of guanidine groups is 1. The fourth-order valence-electron chi connectivity index (χ4n) is 1.19. The molecule has 0 saturated carbocycles. The molecule has 1 heterocycles. The van der Waals surface area contributed by atoms with Gasteiger partial charge in [-0.25, -0.2) is 15.8 Å². The average Bonchev–Trinajstić information content (AvgIpc) is 2.77. The SMILES string of the molecule is COCC(C)NC(=NCc1cnc[nH]1)NN. The molecule has 7 nitrogen and oxygen atoms in total. The zero-order valence-corrected chi connectivity index (χ0v) is 9.53. The van der Waals surface area contributed by atoms with Crippen molar-refractivity contribution in [3.8, 4) is 0 Å². The van der Waals surface area contributed by atoms with Crippen LogP contribution in [-0.2, 0) is 11.3 Å². The highest BCUT2D eigenvalue weighted by Crippen LogP contribution is 1.93. The van der Waals surface area contributed by atoms with Gasteiger partial charge in [0.05, 0.1) is 25.2 Å². The summed E-state index contributed by atoms with van der Waals surface area (Å²) in [5.41, 5.74) is 3.43. The standard InChI is InChI=1S/C9H18N6O/c1-7(5-16-2)14-9(15-10)12-4-8-3-11-6-13-8/h3,6-7H,4-5,10H2,1-2H3,(H,11,13)(H2,12,14,15). The van der Waals surface area contributed by atoms with Crippen LogP contribution >= 0.6 is 0 Å². The van der Waals surface area contributed by atoms with Crippen LogP contribution < -0.4 is 16.6 Å². The van der Waals surface area contributed by atoms with Crippen LogP contribution in [0.1, 0.15) is 12.6 Å². The molecule has 0 bridgehead atoms. The first kappa shape index (κ1) is 12.5. The van der Waals surface area contributed by atoms with Crippen molar-refractivity contribution in [3.05, 3.63) is 18.2 Å². The van der Waals surface area contributed by atoms with Crippen LogP contribution in [0.25, 0.3) is 0 Å². The first-order valence-electron chi connectivity index (χ1n) is 5.00. The van der Waals surface area contributed by atoms with Crippen molar-refractivity contribution in [3.63, 3.8) is 0 Å². The van der Waals surface area contributed by atoms with Crippen LogP contribution in [0.5, 0.6) is 0 Å². The Labute approximate surface area is 94.5 Å². The third kappa shape index (κ3) is 4.28. The zero-order valence-electron chi connectivity index (χ0n) is 9.53. The average molecular weight is 226 g/mol. The Hall–Kier alpha value is -1.60. The molecule has 5 N–H and O–H groups in total. The first-order chi connectivity index (χ1) is 7.76. The first-order valence-corrected chi connectivity index (χ1v) is 5.00. The van der Waals surface area contributed by atoms with Crippen molar-refractivity contribution < 1.29 is 4.74 Å². The molecule has 0 aliphatic heterocycles. The van der Waals surface area contributed by atoms with Crippen LogP contribution in [0.15, 0.2) is 17.5 Å². The lowest BCUT2D eigenvalue weighted by Crippen LogP contribution is -2.46. The van der Waals surface area contributed by atoms with Crippen LogP contribution in [0.4, 0.5) is 0 Å². The Morgan fingerprint density at radius 2 is 2.56 bits per heavy atom. The largest absolute Gasteiger partial charge is 0.383 e. The number of aromatic amines is 1. The molecule has 0 amide bonds. The van der Waals surface area contributed by atoms with Gasteiger partial charge in [0.15, 0.2) is 0 Å². The Bertz CT molecular complexity index is 310. The van der Waals surface area contributed by atoms with Gasteiger partial charge in [0.2, 0.25) is 5.96 Å². The summed E-state index contributed by atoms with van der Waals surface area (Å²) < 4.78 is 5.00. The molecule has 1 unspecified atom stereocenters. The number of ether oxygens (including phenoxy) is 1. The van der Waals surface area contributed by atoms with Crippen LogP contribution in [-0.4, -0.2) is 35.7 Å². The second-order valence-corrected chi connectivity index (χ2v) is 3.39. The Morgan fingerprint density at radius 1 is 1.75 bits per heavy atom. The highest BCUT2D eigenvalue weighted by Gasteiger charge is 2.03. The normalized spacial score (nSPS) is 13.6. The topological polar surface area (TPSA) is 100 Å². The molecule has 0 fully saturated rings. The number of imidazole rings is 1. The molecule has 16 heavy (non-hydrogen) atoms. The second-order valence-electron chi connectivity index (χ2n) is 3.39. The third-order valence-electron chi connectivity index (χ3n) is 1.90. The number of hydrogen-bond donors (Lipinski definition) is 4. The maximum absolute atomic E-state index is 5.35. The van der Waals surface area contributed by atoms with E-state index in [4.69, 9.17) is 10.6 Å². The molecule has 0 saturated heterocycles. The van der Waals surface area contributed by atoms with E-state index in [-0.39, 0.29) is 6.04 Å². The number of hydrazine groups is 1. The number of nitrogens with zero attached hydrogens (tertiary/aromatic N) is 2. The third-order valence-corrected chi connectivity index (χ3v) is 1.90. The lowest BCUT2D eigenvalue weighted by Gasteiger charge is -2.15. The van der Waals surface area contributed by atoms with E-state index in [1.54, 1.807) is 19.6 Å². The molecule has 0 aliphatic rings. The predicted octanol–water partition coefficient (Wildman–Crippen LogP) is -0.646. The maximum Gasteiger partial charge on any atom is 0.206 e. The summed E-state index contributed by atoms with van der Waals surface area (Å²) in [6.07, 6.45) is 3.33. The van der Waals surface area contributed by atoms with E-state index in [1.807, 2.05) is 6.92 Å². The highest BCUT2D eigenvalue weighted by atomic mass is 16.5. The fourth-order valence-corrected chi connectivity index (χ4v) is 1.19. The highest BCUT2D eigenvalue weighted by molar-refractivity contribution is 5.79. The summed E-state index contributed by atoms with van der Waals surface area (Å²) in [6, 6.07) is 0.140. The minimum absolute atomic E-state index is 0.140. The lowest BCUT2D eigenvalue weighted by molar-refractivity contribution is 0.179. The van der Waals surface area contributed by atoms with Crippen LogP contribution in [0.2, 0.25) is 0 Å². The number of nitrogens with two attached hydrogens (primary N) is 1. The van der Waals surface area contributed by atoms with E-state index in [9.17, 15) is 0 Å². The quantitative estimate of drug-likeness (QED) is 0.231. The molecule has 1 aromatic heterocycles. The van der Waals surface area contributed by atoms with Crippen molar-refractivity contribution in [2.75, 3.05) is 13.7 Å². The number of aliphatic imine (C=N–C) groups is 1. The van der Waals surface area contributed by atoms with Crippen LogP contribution in [0, 0.1) is 0 Å². The van der Waals surface area contributed by atoms with Crippen molar-refractivity contribution in [2.45, 2.75) is 19.5 Å². The second kappa shape index (κ2) is 6.81. The minimum Gasteiger partial charge on any atom is -0.383 e. The predicted molar refractivity (Wildman–Crippen MR) is 61.5 cm³/mol. The van der Waals surface area contributed by atoms with E-state index in [0.29, 0.717) is 19.1 Å². The molecular weight excluding hydrogens is 208 g/mol. The van der Waals surface area contributed by atoms with Gasteiger partial charge < -0.3 is 15.0 Å². The molecule has 1 rings (SSSR count). The minimum atomic E-state index is 0.140. The Balaban J connectivity index is 2.43. The van der Waals surface area contributed by atoms with Gasteiger partial charge in [-0.1, -0.05) is 0 Å². The van der Waals surface area contributed by atoms with E-state index in [1.165, 1.54) is 0 Å². The summed E-state index contributed by atoms with van der Waals surface area (Å²) in [5.74, 6) is 5.87. The summed E-state index contributed by atoms with van der Waals surface area (Å²) in [7, 11) is 1.65. The zero-order chi connectivity index (χ0) is 11.8. The van der Waals surface area contributed by atoms with E-state index in [0.717, 1.165) is 5.69 Å². The lowest BCUT2D eigenvalue weighted by atomic mass is 10.4. The van der Waals surface area contributed by atoms with Crippen molar-refractivity contribution in [1.29, 1.82) is 0 Å². The molecule has 0 aliphatic carbocycles. The number of rotatable bonds is 5. The molecule has 0 aromatic carbocycles. The van der Waals surface area contributed by atoms with Gasteiger partial charge >= 0.3 is 0 Å². The molecular formula is C9H18N6O. The number of methoxy groups -OCH3 is 1. The number of hydrogen-bond acceptors (Lipinski definition) is 4. The van der Waals surface area contributed by atoms with Gasteiger partial charge in [-0.05, 0) is 6.92 Å². The van der Waals surface area contributed by atoms with Gasteiger partial charge in [0.25, 0.3) is 0 Å². The smallest absolute Gasteiger partial charge is 0.206 e. The Morgan fingerprint density at radius 3 is 3.12 bits per heavy atom. The molecule has 1 aromatic rings. The molecule has 1 atom stereocenters. The van der Waals surface area contributed by atoms with Gasteiger partial charge in [-0.3, -0.25) is 5.43 Å². The van der Waals surface area contributed by atoms with Crippen LogP contribution in [0.3, 0.4) is 0 Å². The molecule has 0 radical (unpaired) electrons. The summed E-state index contributed by atoms with van der Waals surface area (Å²) in [6.45, 7) is 3.06. The van der Waals surface area contributed by atoms with E-state index >= 15 is 0 Å². The number of nitrogens with one attached hydrogen (secondary N) is 3. The monoisotopic (exact) mass is 226 g/mol. The summed E-state index contributed by atoms with van der Waals surface area (Å²) in [5, 5.41) is 3.08. The van der Waals surface area contributed by atoms with Crippen molar-refractivity contribution in [2.24, 2.45) is 10.8 Å². The maximum atomic E-state index is 5.35. The van der Waals surface area contributed by atoms with E-state index in [2.05, 4.69) is 25.7 Å². The number of aromatic nitrogens is 2. The molecule has 7 heteroatoms. The molecule has 0 spiro atoms. The summed E-state index contributed by atoms with van der Waals surface area (Å²) in [4.78, 5) is 11.1. The molecule has 90 valence electrons. The van der Waals surface area contributed by atoms with Crippen molar-refractivity contribution in [1.82, 2.24) is 20.7 Å². The van der Waals surface area contributed by atoms with Gasteiger partial charge in [0, 0.05) is 19.3 Å². The number of H-pyrrole nitrogens is 1. The Kier molecular flexibility index (Phi) is 5.30.